The molecule has 0 spiro atoms. The summed E-state index contributed by atoms with van der Waals surface area (Å²) in [5.41, 5.74) is 8.87. The van der Waals surface area contributed by atoms with Crippen LogP contribution in [0.25, 0.3) is 27.9 Å². The predicted molar refractivity (Wildman–Crippen MR) is 117 cm³/mol. The Balaban J connectivity index is 1.62. The summed E-state index contributed by atoms with van der Waals surface area (Å²) in [7, 11) is 0. The van der Waals surface area contributed by atoms with Gasteiger partial charge in [0.2, 0.25) is 11.8 Å². The van der Waals surface area contributed by atoms with Crippen LogP contribution in [-0.4, -0.2) is 33.9 Å². The molecule has 5 heteroatoms. The third kappa shape index (κ3) is 3.53. The first-order valence-electron chi connectivity index (χ1n) is 10.3. The lowest BCUT2D eigenvalue weighted by Crippen LogP contribution is -2.48. The van der Waals surface area contributed by atoms with Crippen molar-refractivity contribution in [3.63, 3.8) is 0 Å². The van der Waals surface area contributed by atoms with Gasteiger partial charge in [-0.15, -0.1) is 0 Å². The van der Waals surface area contributed by atoms with Gasteiger partial charge in [0.1, 0.15) is 0 Å². The Morgan fingerprint density at radius 2 is 1.86 bits per heavy atom. The van der Waals surface area contributed by atoms with E-state index in [1.54, 1.807) is 11.0 Å². The molecule has 3 aromatic rings. The summed E-state index contributed by atoms with van der Waals surface area (Å²) in [6.07, 6.45) is 5.03. The standard InChI is InChI=1S/C24H27N3O2/c1-3-26-21-7-5-4-6-19(21)20-14-17(9-12-22(20)26)10-13-23(28)27-15-18(24(25)29)11-8-16(27)2/h4-7,9-10,12-14,16,18H,3,8,11,15H2,1-2H3,(H2,25,29). The minimum Gasteiger partial charge on any atom is -0.369 e. The summed E-state index contributed by atoms with van der Waals surface area (Å²) in [6, 6.07) is 14.8. The zero-order valence-corrected chi connectivity index (χ0v) is 17.0. The second-order valence-electron chi connectivity index (χ2n) is 7.89. The smallest absolute Gasteiger partial charge is 0.246 e. The molecule has 5 nitrogen and oxygen atoms in total. The van der Waals surface area contributed by atoms with Gasteiger partial charge < -0.3 is 15.2 Å². The number of carbonyl (C=O) groups excluding carboxylic acids is 2. The first-order valence-corrected chi connectivity index (χ1v) is 10.3. The number of hydrogen-bond donors (Lipinski definition) is 1. The van der Waals surface area contributed by atoms with E-state index in [-0.39, 0.29) is 23.8 Å². The highest BCUT2D eigenvalue weighted by Gasteiger charge is 2.30. The van der Waals surface area contributed by atoms with Crippen LogP contribution >= 0.6 is 0 Å². The van der Waals surface area contributed by atoms with Crippen LogP contribution in [-0.2, 0) is 16.1 Å². The van der Waals surface area contributed by atoms with Gasteiger partial charge in [-0.2, -0.15) is 0 Å². The van der Waals surface area contributed by atoms with Gasteiger partial charge in [-0.1, -0.05) is 24.3 Å². The summed E-state index contributed by atoms with van der Waals surface area (Å²) >= 11 is 0. The minimum absolute atomic E-state index is 0.0699. The Morgan fingerprint density at radius 3 is 2.62 bits per heavy atom. The molecule has 1 fully saturated rings. The van der Waals surface area contributed by atoms with Crippen molar-refractivity contribution in [3.05, 3.63) is 54.1 Å². The van der Waals surface area contributed by atoms with E-state index in [4.69, 9.17) is 5.73 Å². The van der Waals surface area contributed by atoms with E-state index in [1.165, 1.54) is 21.8 Å². The van der Waals surface area contributed by atoms with Crippen LogP contribution in [0.15, 0.2) is 48.5 Å². The molecule has 150 valence electrons. The maximum absolute atomic E-state index is 12.8. The van der Waals surface area contributed by atoms with Gasteiger partial charge >= 0.3 is 0 Å². The Bertz CT molecular complexity index is 1110. The monoisotopic (exact) mass is 389 g/mol. The number of aromatic nitrogens is 1. The Hall–Kier alpha value is -3.08. The van der Waals surface area contributed by atoms with Crippen LogP contribution in [0, 0.1) is 5.92 Å². The highest BCUT2D eigenvalue weighted by atomic mass is 16.2. The molecule has 1 aliphatic rings. The summed E-state index contributed by atoms with van der Waals surface area (Å²) < 4.78 is 2.31. The molecule has 2 N–H and O–H groups in total. The molecule has 0 aliphatic carbocycles. The van der Waals surface area contributed by atoms with Gasteiger partial charge in [-0.05, 0) is 56.5 Å². The van der Waals surface area contributed by atoms with Crippen molar-refractivity contribution in [2.75, 3.05) is 6.54 Å². The molecule has 0 radical (unpaired) electrons. The lowest BCUT2D eigenvalue weighted by molar-refractivity contribution is -0.133. The van der Waals surface area contributed by atoms with E-state index in [9.17, 15) is 9.59 Å². The first-order chi connectivity index (χ1) is 14.0. The van der Waals surface area contributed by atoms with E-state index >= 15 is 0 Å². The van der Waals surface area contributed by atoms with Crippen LogP contribution in [0.5, 0.6) is 0 Å². The van der Waals surface area contributed by atoms with Crippen LogP contribution in [0.4, 0.5) is 0 Å². The van der Waals surface area contributed by atoms with Crippen LogP contribution in [0.2, 0.25) is 0 Å². The topological polar surface area (TPSA) is 68.3 Å². The molecule has 1 aliphatic heterocycles. The molecule has 2 atom stereocenters. The molecule has 4 rings (SSSR count). The number of rotatable bonds is 4. The fourth-order valence-corrected chi connectivity index (χ4v) is 4.43. The van der Waals surface area contributed by atoms with Crippen LogP contribution < -0.4 is 5.73 Å². The maximum atomic E-state index is 12.8. The highest BCUT2D eigenvalue weighted by Crippen LogP contribution is 2.30. The van der Waals surface area contributed by atoms with Gasteiger partial charge in [0.05, 0.1) is 5.92 Å². The van der Waals surface area contributed by atoms with Gasteiger partial charge in [0, 0.05) is 47.0 Å². The van der Waals surface area contributed by atoms with E-state index in [0.717, 1.165) is 24.9 Å². The zero-order chi connectivity index (χ0) is 20.5. The fourth-order valence-electron chi connectivity index (χ4n) is 4.43. The SMILES string of the molecule is CCn1c2ccccc2c2cc(C=CC(=O)N3CC(C(N)=O)CCC3C)ccc21. The van der Waals surface area contributed by atoms with Crippen molar-refractivity contribution in [3.8, 4) is 0 Å². The lowest BCUT2D eigenvalue weighted by atomic mass is 9.93. The number of amides is 2. The summed E-state index contributed by atoms with van der Waals surface area (Å²) in [6.45, 7) is 5.49. The highest BCUT2D eigenvalue weighted by molar-refractivity contribution is 6.08. The number of likely N-dealkylation sites (tertiary alicyclic amines) is 1. The Labute approximate surface area is 170 Å². The van der Waals surface area contributed by atoms with Crippen LogP contribution in [0.1, 0.15) is 32.3 Å². The van der Waals surface area contributed by atoms with Crippen molar-refractivity contribution in [2.24, 2.45) is 11.7 Å². The number of fused-ring (bicyclic) bond motifs is 3. The number of carbonyl (C=O) groups is 2. The maximum Gasteiger partial charge on any atom is 0.246 e. The summed E-state index contributed by atoms with van der Waals surface area (Å²) in [5, 5.41) is 2.41. The molecule has 29 heavy (non-hydrogen) atoms. The lowest BCUT2D eigenvalue weighted by Gasteiger charge is -2.36. The molecular formula is C24H27N3O2. The average Bonchev–Trinajstić information content (AvgIpc) is 3.05. The second-order valence-corrected chi connectivity index (χ2v) is 7.89. The van der Waals surface area contributed by atoms with Gasteiger partial charge in [0.25, 0.3) is 0 Å². The number of hydrogen-bond acceptors (Lipinski definition) is 2. The van der Waals surface area contributed by atoms with E-state index in [2.05, 4.69) is 47.9 Å². The number of nitrogens with two attached hydrogens (primary N) is 1. The number of primary amides is 1. The van der Waals surface area contributed by atoms with Crippen molar-refractivity contribution in [2.45, 2.75) is 39.3 Å². The van der Waals surface area contributed by atoms with Gasteiger partial charge in [0.15, 0.2) is 0 Å². The molecule has 2 heterocycles. The molecular weight excluding hydrogens is 362 g/mol. The van der Waals surface area contributed by atoms with Crippen LogP contribution in [0.3, 0.4) is 0 Å². The van der Waals surface area contributed by atoms with Gasteiger partial charge in [-0.25, -0.2) is 0 Å². The van der Waals surface area contributed by atoms with E-state index in [0.29, 0.717) is 6.54 Å². The van der Waals surface area contributed by atoms with Crippen molar-refractivity contribution in [1.29, 1.82) is 0 Å². The third-order valence-electron chi connectivity index (χ3n) is 6.10. The number of benzene rings is 2. The van der Waals surface area contributed by atoms with Crippen molar-refractivity contribution in [1.82, 2.24) is 9.47 Å². The molecule has 2 unspecified atom stereocenters. The van der Waals surface area contributed by atoms with Crippen molar-refractivity contribution < 1.29 is 9.59 Å². The van der Waals surface area contributed by atoms with Gasteiger partial charge in [-0.3, -0.25) is 9.59 Å². The fraction of sp³-hybridized carbons (Fsp3) is 0.333. The number of aryl methyl sites for hydroxylation is 1. The molecule has 0 saturated carbocycles. The quantitative estimate of drug-likeness (QED) is 0.687. The summed E-state index contributed by atoms with van der Waals surface area (Å²) in [5.74, 6) is -0.643. The minimum atomic E-state index is -0.323. The Morgan fingerprint density at radius 1 is 1.10 bits per heavy atom. The van der Waals surface area contributed by atoms with E-state index < -0.39 is 0 Å². The Kier molecular flexibility index (Phi) is 5.14. The molecule has 1 saturated heterocycles. The second kappa shape index (κ2) is 7.74. The largest absolute Gasteiger partial charge is 0.369 e. The third-order valence-corrected chi connectivity index (χ3v) is 6.10. The number of piperidine rings is 1. The summed E-state index contributed by atoms with van der Waals surface area (Å²) in [4.78, 5) is 26.1. The molecule has 0 bridgehead atoms. The normalized spacial score (nSPS) is 20.0. The van der Waals surface area contributed by atoms with E-state index in [1.807, 2.05) is 19.1 Å². The molecule has 2 aromatic carbocycles. The zero-order valence-electron chi connectivity index (χ0n) is 17.0. The molecule has 1 aromatic heterocycles. The molecule has 2 amide bonds. The first kappa shape index (κ1) is 19.2. The van der Waals surface area contributed by atoms with Crippen molar-refractivity contribution >= 4 is 39.7 Å². The number of nitrogens with zero attached hydrogens (tertiary/aromatic N) is 2. The average molecular weight is 389 g/mol. The predicted octanol–water partition coefficient (Wildman–Crippen LogP) is 3.94. The number of para-hydroxylation sites is 1.